The zero-order valence-corrected chi connectivity index (χ0v) is 20.1. The van der Waals surface area contributed by atoms with Crippen molar-refractivity contribution in [3.8, 4) is 11.6 Å². The van der Waals surface area contributed by atoms with Crippen LogP contribution in [0.3, 0.4) is 0 Å². The third-order valence-corrected chi connectivity index (χ3v) is 6.43. The molecule has 1 saturated heterocycles. The molecule has 2 atom stereocenters. The van der Waals surface area contributed by atoms with Gasteiger partial charge >= 0.3 is 0 Å². The molecule has 3 aromatic rings. The number of methoxy groups -OCH3 is 1. The van der Waals surface area contributed by atoms with E-state index in [0.29, 0.717) is 18.1 Å². The monoisotopic (exact) mass is 474 g/mol. The minimum atomic E-state index is -0.275. The van der Waals surface area contributed by atoms with Crippen molar-refractivity contribution in [1.29, 1.82) is 0 Å². The van der Waals surface area contributed by atoms with Crippen molar-refractivity contribution >= 4 is 17.5 Å². The summed E-state index contributed by atoms with van der Waals surface area (Å²) in [5.74, 6) is 1.23. The van der Waals surface area contributed by atoms with Crippen LogP contribution in [0.5, 0.6) is 11.6 Å². The van der Waals surface area contributed by atoms with Gasteiger partial charge in [-0.05, 0) is 55.5 Å². The second-order valence-electron chi connectivity index (χ2n) is 8.93. The number of nitrogens with zero attached hydrogens (tertiary/aromatic N) is 3. The zero-order chi connectivity index (χ0) is 24.2. The van der Waals surface area contributed by atoms with Gasteiger partial charge in [-0.2, -0.15) is 4.98 Å². The summed E-state index contributed by atoms with van der Waals surface area (Å²) in [4.78, 5) is 24.5. The maximum absolute atomic E-state index is 13.1. The van der Waals surface area contributed by atoms with Gasteiger partial charge in [-0.3, -0.25) is 4.79 Å². The van der Waals surface area contributed by atoms with Crippen molar-refractivity contribution in [1.82, 2.24) is 15.3 Å². The Kier molecular flexibility index (Phi) is 6.81. The highest BCUT2D eigenvalue weighted by molar-refractivity contribution is 5.96. The smallest absolute Gasteiger partial charge is 0.258 e. The van der Waals surface area contributed by atoms with E-state index >= 15 is 0 Å². The van der Waals surface area contributed by atoms with Crippen molar-refractivity contribution in [2.75, 3.05) is 25.2 Å². The first-order valence-corrected chi connectivity index (χ1v) is 12.0. The normalized spacial score (nSPS) is 18.9. The Hall–Kier alpha value is -3.65. The van der Waals surface area contributed by atoms with Crippen LogP contribution in [0.1, 0.15) is 41.3 Å². The van der Waals surface area contributed by atoms with Crippen molar-refractivity contribution in [2.45, 2.75) is 44.9 Å². The molecule has 3 heterocycles. The van der Waals surface area contributed by atoms with Gasteiger partial charge in [0.05, 0.1) is 13.2 Å². The minimum absolute atomic E-state index is 0.0437. The minimum Gasteiger partial charge on any atom is -0.497 e. The molecule has 0 radical (unpaired) electrons. The maximum Gasteiger partial charge on any atom is 0.258 e. The van der Waals surface area contributed by atoms with E-state index in [4.69, 9.17) is 19.2 Å². The summed E-state index contributed by atoms with van der Waals surface area (Å²) in [6.45, 7) is 3.57. The first-order chi connectivity index (χ1) is 17.1. The fourth-order valence-electron chi connectivity index (χ4n) is 4.63. The lowest BCUT2D eigenvalue weighted by molar-refractivity contribution is 0.0853. The molecule has 2 unspecified atom stereocenters. The molecule has 8 heteroatoms. The average molecular weight is 475 g/mol. The molecule has 2 aliphatic rings. The van der Waals surface area contributed by atoms with Crippen molar-refractivity contribution in [3.63, 3.8) is 0 Å². The third kappa shape index (κ3) is 5.07. The molecule has 1 fully saturated rings. The van der Waals surface area contributed by atoms with E-state index in [-0.39, 0.29) is 30.5 Å². The molecular formula is C27H30N4O4. The van der Waals surface area contributed by atoms with Crippen LogP contribution in [-0.2, 0) is 17.8 Å². The van der Waals surface area contributed by atoms with Gasteiger partial charge in [0.2, 0.25) is 11.8 Å². The molecule has 0 saturated carbocycles. The largest absolute Gasteiger partial charge is 0.497 e. The molecule has 182 valence electrons. The maximum atomic E-state index is 13.1. The van der Waals surface area contributed by atoms with E-state index in [1.54, 1.807) is 13.3 Å². The fraction of sp³-hybridized carbons (Fsp3) is 0.370. The Bertz CT molecular complexity index is 1200. The lowest BCUT2D eigenvalue weighted by Crippen LogP contribution is -2.32. The number of benzene rings is 2. The number of para-hydroxylation sites is 1. The predicted molar refractivity (Wildman–Crippen MR) is 132 cm³/mol. The van der Waals surface area contributed by atoms with Crippen LogP contribution in [0, 0.1) is 0 Å². The van der Waals surface area contributed by atoms with Gasteiger partial charge in [-0.15, -0.1) is 0 Å². The topological polar surface area (TPSA) is 85.8 Å². The quantitative estimate of drug-likeness (QED) is 0.527. The van der Waals surface area contributed by atoms with Gasteiger partial charge in [0.25, 0.3) is 5.91 Å². The second-order valence-corrected chi connectivity index (χ2v) is 8.93. The lowest BCUT2D eigenvalue weighted by Gasteiger charge is -2.23. The number of rotatable bonds is 8. The number of carbonyl (C=O) groups is 1. The van der Waals surface area contributed by atoms with Gasteiger partial charge < -0.3 is 24.4 Å². The van der Waals surface area contributed by atoms with Gasteiger partial charge in [-0.1, -0.05) is 30.3 Å². The van der Waals surface area contributed by atoms with E-state index in [9.17, 15) is 4.79 Å². The van der Waals surface area contributed by atoms with Crippen LogP contribution < -0.4 is 19.7 Å². The molecule has 1 aromatic heterocycles. The first-order valence-electron chi connectivity index (χ1n) is 12.0. The molecule has 2 aromatic carbocycles. The van der Waals surface area contributed by atoms with Gasteiger partial charge in [-0.25, -0.2) is 4.98 Å². The summed E-state index contributed by atoms with van der Waals surface area (Å²) >= 11 is 0. The third-order valence-electron chi connectivity index (χ3n) is 6.43. The summed E-state index contributed by atoms with van der Waals surface area (Å²) in [6.07, 6.45) is 4.47. The molecule has 1 amide bonds. The highest BCUT2D eigenvalue weighted by atomic mass is 16.5. The van der Waals surface area contributed by atoms with E-state index in [1.807, 2.05) is 36.4 Å². The summed E-state index contributed by atoms with van der Waals surface area (Å²) < 4.78 is 17.1. The summed E-state index contributed by atoms with van der Waals surface area (Å²) in [5.41, 5.74) is 3.54. The molecule has 8 nitrogen and oxygen atoms in total. The van der Waals surface area contributed by atoms with E-state index < -0.39 is 0 Å². The summed E-state index contributed by atoms with van der Waals surface area (Å²) in [7, 11) is 1.63. The Morgan fingerprint density at radius 1 is 1.23 bits per heavy atom. The van der Waals surface area contributed by atoms with Crippen molar-refractivity contribution in [3.05, 3.63) is 71.4 Å². The predicted octanol–water partition coefficient (Wildman–Crippen LogP) is 4.06. The highest BCUT2D eigenvalue weighted by Crippen LogP contribution is 2.37. The molecule has 2 aliphatic heterocycles. The van der Waals surface area contributed by atoms with Gasteiger partial charge in [0, 0.05) is 31.1 Å². The molecule has 35 heavy (non-hydrogen) atoms. The molecule has 0 aliphatic carbocycles. The van der Waals surface area contributed by atoms with Crippen LogP contribution >= 0.6 is 0 Å². The standard InChI is InChI=1S/C27H30N4O4/c1-18-13-20-8-3-4-11-24(20)31(18)27-29-16-23(25(32)28-15-22-10-6-12-34-22)26(30-27)35-17-19-7-5-9-21(14-19)33-2/h3-5,7-9,11,14,16,18,22H,6,10,12-13,15,17H2,1-2H3,(H,28,32). The fourth-order valence-corrected chi connectivity index (χ4v) is 4.63. The van der Waals surface area contributed by atoms with Crippen LogP contribution in [0.4, 0.5) is 11.6 Å². The number of hydrogen-bond acceptors (Lipinski definition) is 7. The Labute approximate surface area is 205 Å². The number of fused-ring (bicyclic) bond motifs is 1. The van der Waals surface area contributed by atoms with Crippen molar-refractivity contribution < 1.29 is 19.0 Å². The van der Waals surface area contributed by atoms with Crippen molar-refractivity contribution in [2.24, 2.45) is 0 Å². The van der Waals surface area contributed by atoms with Crippen LogP contribution in [-0.4, -0.2) is 48.3 Å². The Balaban J connectivity index is 1.42. The van der Waals surface area contributed by atoms with Crippen LogP contribution in [0.25, 0.3) is 0 Å². The van der Waals surface area contributed by atoms with Gasteiger partial charge in [0.15, 0.2) is 0 Å². The van der Waals surface area contributed by atoms with Gasteiger partial charge in [0.1, 0.15) is 17.9 Å². The van der Waals surface area contributed by atoms with E-state index in [1.165, 1.54) is 5.56 Å². The molecule has 5 rings (SSSR count). The summed E-state index contributed by atoms with van der Waals surface area (Å²) in [5, 5.41) is 2.95. The summed E-state index contributed by atoms with van der Waals surface area (Å²) in [6, 6.07) is 16.1. The average Bonchev–Trinajstić information content (AvgIpc) is 3.53. The lowest BCUT2D eigenvalue weighted by atomic mass is 10.1. The first kappa shape index (κ1) is 23.1. The number of aromatic nitrogens is 2. The number of nitrogens with one attached hydrogen (secondary N) is 1. The Morgan fingerprint density at radius 2 is 2.11 bits per heavy atom. The Morgan fingerprint density at radius 3 is 2.94 bits per heavy atom. The van der Waals surface area contributed by atoms with Crippen LogP contribution in [0.15, 0.2) is 54.7 Å². The SMILES string of the molecule is COc1cccc(COc2nc(N3c4ccccc4CC3C)ncc2C(=O)NCC2CCCO2)c1. The number of amides is 1. The van der Waals surface area contributed by atoms with E-state index in [2.05, 4.69) is 34.3 Å². The number of ether oxygens (including phenoxy) is 3. The molecule has 0 bridgehead atoms. The zero-order valence-electron chi connectivity index (χ0n) is 20.1. The number of carbonyl (C=O) groups excluding carboxylic acids is 1. The number of anilines is 2. The molecule has 0 spiro atoms. The second kappa shape index (κ2) is 10.3. The molecular weight excluding hydrogens is 444 g/mol. The van der Waals surface area contributed by atoms with Crippen LogP contribution in [0.2, 0.25) is 0 Å². The highest BCUT2D eigenvalue weighted by Gasteiger charge is 2.30. The van der Waals surface area contributed by atoms with E-state index in [0.717, 1.165) is 42.9 Å². The number of hydrogen-bond donors (Lipinski definition) is 1. The molecule has 1 N–H and O–H groups in total.